The van der Waals surface area contributed by atoms with Crippen LogP contribution in [-0.4, -0.2) is 41.0 Å². The molecule has 1 aromatic carbocycles. The van der Waals surface area contributed by atoms with Gasteiger partial charge in [-0.3, -0.25) is 0 Å². The van der Waals surface area contributed by atoms with Gasteiger partial charge in [0.1, 0.15) is 6.61 Å². The molecule has 0 amide bonds. The second-order valence-electron chi connectivity index (χ2n) is 3.40. The summed E-state index contributed by atoms with van der Waals surface area (Å²) in [4.78, 5) is 11.6. The van der Waals surface area contributed by atoms with Crippen molar-refractivity contribution in [2.45, 2.75) is 4.90 Å². The van der Waals surface area contributed by atoms with Crippen LogP contribution >= 0.6 is 0 Å². The number of methoxy groups -OCH3 is 1. The van der Waals surface area contributed by atoms with E-state index in [0.717, 1.165) is 6.26 Å². The highest BCUT2D eigenvalue weighted by molar-refractivity contribution is 7.90. The Morgan fingerprint density at radius 1 is 1.24 bits per heavy atom. The van der Waals surface area contributed by atoms with E-state index in [0.29, 0.717) is 0 Å². The third-order valence-electron chi connectivity index (χ3n) is 2.03. The monoisotopic (exact) mass is 258 g/mol. The standard InChI is InChI=1S/C11H14O5S/c1-15-7-8-16-11(12)9-5-3-4-6-10(9)17(2,13)14/h3-6H,7-8H2,1-2H3. The third-order valence-corrected chi connectivity index (χ3v) is 3.18. The summed E-state index contributed by atoms with van der Waals surface area (Å²) in [6, 6.07) is 5.94. The van der Waals surface area contributed by atoms with Gasteiger partial charge in [-0.15, -0.1) is 0 Å². The molecule has 0 fully saturated rings. The molecular formula is C11H14O5S. The average molecular weight is 258 g/mol. The second kappa shape index (κ2) is 5.79. The number of sulfone groups is 1. The number of carbonyl (C=O) groups is 1. The van der Waals surface area contributed by atoms with E-state index < -0.39 is 15.8 Å². The fourth-order valence-electron chi connectivity index (χ4n) is 1.25. The summed E-state index contributed by atoms with van der Waals surface area (Å²) in [5, 5.41) is 0. The zero-order valence-electron chi connectivity index (χ0n) is 9.67. The van der Waals surface area contributed by atoms with Crippen molar-refractivity contribution in [3.8, 4) is 0 Å². The molecule has 0 bridgehead atoms. The molecule has 0 spiro atoms. The van der Waals surface area contributed by atoms with E-state index in [1.807, 2.05) is 0 Å². The maximum Gasteiger partial charge on any atom is 0.339 e. The smallest absolute Gasteiger partial charge is 0.339 e. The summed E-state index contributed by atoms with van der Waals surface area (Å²) in [6.07, 6.45) is 1.05. The largest absolute Gasteiger partial charge is 0.460 e. The molecule has 17 heavy (non-hydrogen) atoms. The van der Waals surface area contributed by atoms with E-state index in [1.165, 1.54) is 19.2 Å². The highest BCUT2D eigenvalue weighted by atomic mass is 32.2. The van der Waals surface area contributed by atoms with Crippen LogP contribution in [0.4, 0.5) is 0 Å². The van der Waals surface area contributed by atoms with Crippen LogP contribution in [0.3, 0.4) is 0 Å². The van der Waals surface area contributed by atoms with Crippen molar-refractivity contribution < 1.29 is 22.7 Å². The lowest BCUT2D eigenvalue weighted by Crippen LogP contribution is -2.13. The molecule has 94 valence electrons. The SMILES string of the molecule is COCCOC(=O)c1ccccc1S(C)(=O)=O. The van der Waals surface area contributed by atoms with Gasteiger partial charge in [-0.25, -0.2) is 13.2 Å². The minimum absolute atomic E-state index is 0.0255. The van der Waals surface area contributed by atoms with Crippen molar-refractivity contribution in [2.24, 2.45) is 0 Å². The Kier molecular flexibility index (Phi) is 4.65. The number of carbonyl (C=O) groups excluding carboxylic acids is 1. The van der Waals surface area contributed by atoms with E-state index in [2.05, 4.69) is 0 Å². The summed E-state index contributed by atoms with van der Waals surface area (Å²) in [6.45, 7) is 0.361. The minimum Gasteiger partial charge on any atom is -0.460 e. The van der Waals surface area contributed by atoms with Gasteiger partial charge in [-0.05, 0) is 12.1 Å². The Hall–Kier alpha value is -1.40. The van der Waals surface area contributed by atoms with E-state index >= 15 is 0 Å². The van der Waals surface area contributed by atoms with Crippen LogP contribution in [-0.2, 0) is 19.3 Å². The number of benzene rings is 1. The molecule has 5 nitrogen and oxygen atoms in total. The summed E-state index contributed by atoms with van der Waals surface area (Å²) >= 11 is 0. The van der Waals surface area contributed by atoms with Crippen LogP contribution in [0.15, 0.2) is 29.2 Å². The van der Waals surface area contributed by atoms with Crippen LogP contribution in [0, 0.1) is 0 Å². The molecule has 0 aliphatic heterocycles. The van der Waals surface area contributed by atoms with Crippen molar-refractivity contribution >= 4 is 15.8 Å². The highest BCUT2D eigenvalue weighted by Gasteiger charge is 2.18. The first kappa shape index (κ1) is 13.7. The Bertz CT molecular complexity index is 492. The molecule has 1 rings (SSSR count). The summed E-state index contributed by atoms with van der Waals surface area (Å²) in [7, 11) is -1.96. The summed E-state index contributed by atoms with van der Waals surface area (Å²) in [5.74, 6) is -0.664. The molecule has 6 heteroatoms. The molecular weight excluding hydrogens is 244 g/mol. The Labute approximate surface area is 100 Å². The van der Waals surface area contributed by atoms with Crippen molar-refractivity contribution in [1.29, 1.82) is 0 Å². The first-order valence-corrected chi connectivity index (χ1v) is 6.81. The van der Waals surface area contributed by atoms with Gasteiger partial charge in [0.25, 0.3) is 0 Å². The van der Waals surface area contributed by atoms with Gasteiger partial charge in [0.15, 0.2) is 9.84 Å². The second-order valence-corrected chi connectivity index (χ2v) is 5.38. The molecule has 0 saturated carbocycles. The number of rotatable bonds is 5. The quantitative estimate of drug-likeness (QED) is 0.579. The lowest BCUT2D eigenvalue weighted by atomic mass is 10.2. The van der Waals surface area contributed by atoms with Crippen molar-refractivity contribution in [3.05, 3.63) is 29.8 Å². The first-order valence-electron chi connectivity index (χ1n) is 4.92. The van der Waals surface area contributed by atoms with Gasteiger partial charge < -0.3 is 9.47 Å². The molecule has 0 aromatic heterocycles. The predicted molar refractivity (Wildman–Crippen MR) is 61.7 cm³/mol. The predicted octanol–water partition coefficient (Wildman–Crippen LogP) is 0.893. The van der Waals surface area contributed by atoms with Crippen LogP contribution in [0.2, 0.25) is 0 Å². The van der Waals surface area contributed by atoms with Crippen molar-refractivity contribution in [3.63, 3.8) is 0 Å². The number of esters is 1. The fraction of sp³-hybridized carbons (Fsp3) is 0.364. The van der Waals surface area contributed by atoms with Gasteiger partial charge in [0.05, 0.1) is 17.1 Å². The van der Waals surface area contributed by atoms with E-state index in [-0.39, 0.29) is 23.7 Å². The molecule has 1 aromatic rings. The zero-order valence-corrected chi connectivity index (χ0v) is 10.5. The molecule has 0 aliphatic rings. The average Bonchev–Trinajstić information content (AvgIpc) is 2.28. The highest BCUT2D eigenvalue weighted by Crippen LogP contribution is 2.16. The maximum absolute atomic E-state index is 11.6. The van der Waals surface area contributed by atoms with Crippen LogP contribution < -0.4 is 0 Å². The summed E-state index contributed by atoms with van der Waals surface area (Å²) < 4.78 is 32.5. The van der Waals surface area contributed by atoms with Gasteiger partial charge in [0, 0.05) is 13.4 Å². The maximum atomic E-state index is 11.6. The van der Waals surface area contributed by atoms with Gasteiger partial charge in [0.2, 0.25) is 0 Å². The van der Waals surface area contributed by atoms with Crippen molar-refractivity contribution in [2.75, 3.05) is 26.6 Å². The third kappa shape index (κ3) is 3.83. The van der Waals surface area contributed by atoms with Gasteiger partial charge in [-0.2, -0.15) is 0 Å². The van der Waals surface area contributed by atoms with Gasteiger partial charge >= 0.3 is 5.97 Å². The molecule has 0 unspecified atom stereocenters. The molecule has 0 N–H and O–H groups in total. The molecule has 0 radical (unpaired) electrons. The Morgan fingerprint density at radius 3 is 2.47 bits per heavy atom. The molecule has 0 heterocycles. The Morgan fingerprint density at radius 2 is 1.88 bits per heavy atom. The fourth-order valence-corrected chi connectivity index (χ4v) is 2.13. The molecule has 0 saturated heterocycles. The topological polar surface area (TPSA) is 69.7 Å². The normalized spacial score (nSPS) is 11.2. The van der Waals surface area contributed by atoms with E-state index in [9.17, 15) is 13.2 Å². The van der Waals surface area contributed by atoms with Crippen LogP contribution in [0.5, 0.6) is 0 Å². The van der Waals surface area contributed by atoms with Crippen LogP contribution in [0.25, 0.3) is 0 Å². The number of hydrogen-bond acceptors (Lipinski definition) is 5. The zero-order chi connectivity index (χ0) is 12.9. The van der Waals surface area contributed by atoms with E-state index in [4.69, 9.17) is 9.47 Å². The number of ether oxygens (including phenoxy) is 2. The van der Waals surface area contributed by atoms with Crippen LogP contribution in [0.1, 0.15) is 10.4 Å². The lowest BCUT2D eigenvalue weighted by Gasteiger charge is -2.07. The van der Waals surface area contributed by atoms with Gasteiger partial charge in [-0.1, -0.05) is 12.1 Å². The summed E-state index contributed by atoms with van der Waals surface area (Å²) in [5.41, 5.74) is 0.0473. The number of hydrogen-bond donors (Lipinski definition) is 0. The minimum atomic E-state index is -3.44. The first-order chi connectivity index (χ1) is 7.96. The Balaban J connectivity index is 2.94. The lowest BCUT2D eigenvalue weighted by molar-refractivity contribution is 0.0384. The molecule has 0 aliphatic carbocycles. The van der Waals surface area contributed by atoms with E-state index in [1.54, 1.807) is 12.1 Å². The molecule has 0 atom stereocenters. The van der Waals surface area contributed by atoms with Crippen molar-refractivity contribution in [1.82, 2.24) is 0 Å².